The number of hydrogen-bond acceptors (Lipinski definition) is 5. The molecule has 5 heteroatoms. The van der Waals surface area contributed by atoms with E-state index in [-0.39, 0.29) is 5.25 Å². The maximum absolute atomic E-state index is 8.66. The quantitative estimate of drug-likeness (QED) is 0.760. The van der Waals surface area contributed by atoms with Gasteiger partial charge in [0.2, 0.25) is 5.89 Å². The highest BCUT2D eigenvalue weighted by atomic mass is 32.2. The van der Waals surface area contributed by atoms with Crippen LogP contribution in [0, 0.1) is 11.3 Å². The van der Waals surface area contributed by atoms with Gasteiger partial charge in [-0.25, -0.2) is 0 Å². The SMILES string of the molecule is C[C@H](C#N)Sc1nnc(-c2ccccc2)o1. The number of benzene rings is 1. The first kappa shape index (κ1) is 10.7. The molecule has 0 saturated carbocycles. The molecule has 0 N–H and O–H groups in total. The van der Waals surface area contributed by atoms with Crippen molar-refractivity contribution in [1.82, 2.24) is 10.2 Å². The molecule has 0 saturated heterocycles. The second-order valence-corrected chi connectivity index (χ2v) is 4.42. The molecule has 0 aliphatic heterocycles. The summed E-state index contributed by atoms with van der Waals surface area (Å²) in [6, 6.07) is 11.6. The second-order valence-electron chi connectivity index (χ2n) is 3.13. The van der Waals surface area contributed by atoms with Gasteiger partial charge in [0.05, 0.1) is 11.3 Å². The van der Waals surface area contributed by atoms with Crippen molar-refractivity contribution in [1.29, 1.82) is 5.26 Å². The van der Waals surface area contributed by atoms with E-state index in [4.69, 9.17) is 9.68 Å². The van der Waals surface area contributed by atoms with Crippen molar-refractivity contribution in [3.63, 3.8) is 0 Å². The predicted molar refractivity (Wildman–Crippen MR) is 60.7 cm³/mol. The number of nitrogens with zero attached hydrogens (tertiary/aromatic N) is 3. The van der Waals surface area contributed by atoms with E-state index in [2.05, 4.69) is 16.3 Å². The molecule has 80 valence electrons. The van der Waals surface area contributed by atoms with Crippen molar-refractivity contribution in [3.8, 4) is 17.5 Å². The molecule has 1 atom stereocenters. The zero-order valence-corrected chi connectivity index (χ0v) is 9.44. The Morgan fingerprint density at radius 2 is 2.06 bits per heavy atom. The number of thioether (sulfide) groups is 1. The van der Waals surface area contributed by atoms with Crippen molar-refractivity contribution in [2.24, 2.45) is 0 Å². The minimum absolute atomic E-state index is 0.191. The normalized spacial score (nSPS) is 12.0. The summed E-state index contributed by atoms with van der Waals surface area (Å²) in [6.45, 7) is 1.79. The molecule has 16 heavy (non-hydrogen) atoms. The van der Waals surface area contributed by atoms with Gasteiger partial charge in [0.15, 0.2) is 0 Å². The molecule has 0 aliphatic carbocycles. The Morgan fingerprint density at radius 3 is 2.75 bits per heavy atom. The lowest BCUT2D eigenvalue weighted by molar-refractivity contribution is 0.465. The Bertz CT molecular complexity index is 503. The van der Waals surface area contributed by atoms with Gasteiger partial charge in [0.1, 0.15) is 0 Å². The number of hydrogen-bond donors (Lipinski definition) is 0. The van der Waals surface area contributed by atoms with Gasteiger partial charge >= 0.3 is 0 Å². The molecule has 2 rings (SSSR count). The highest BCUT2D eigenvalue weighted by molar-refractivity contribution is 7.99. The number of nitriles is 1. The van der Waals surface area contributed by atoms with Crippen molar-refractivity contribution in [3.05, 3.63) is 30.3 Å². The molecule has 0 amide bonds. The Morgan fingerprint density at radius 1 is 1.31 bits per heavy atom. The highest BCUT2D eigenvalue weighted by Crippen LogP contribution is 2.25. The molecular weight excluding hydrogens is 222 g/mol. The maximum atomic E-state index is 8.66. The van der Waals surface area contributed by atoms with Crippen LogP contribution in [0.5, 0.6) is 0 Å². The van der Waals surface area contributed by atoms with E-state index in [1.54, 1.807) is 6.92 Å². The predicted octanol–water partition coefficient (Wildman–Crippen LogP) is 2.74. The maximum Gasteiger partial charge on any atom is 0.278 e. The third kappa shape index (κ3) is 2.41. The van der Waals surface area contributed by atoms with Crippen LogP contribution in [0.2, 0.25) is 0 Å². The summed E-state index contributed by atoms with van der Waals surface area (Å²) >= 11 is 1.26. The van der Waals surface area contributed by atoms with E-state index in [1.165, 1.54) is 11.8 Å². The van der Waals surface area contributed by atoms with Crippen LogP contribution >= 0.6 is 11.8 Å². The molecule has 0 fully saturated rings. The molecule has 0 unspecified atom stereocenters. The van der Waals surface area contributed by atoms with Crippen molar-refractivity contribution in [2.75, 3.05) is 0 Å². The fraction of sp³-hybridized carbons (Fsp3) is 0.182. The largest absolute Gasteiger partial charge is 0.411 e. The number of aromatic nitrogens is 2. The zero-order valence-electron chi connectivity index (χ0n) is 8.62. The van der Waals surface area contributed by atoms with Crippen LogP contribution in [0.1, 0.15) is 6.92 Å². The third-order valence-corrected chi connectivity index (χ3v) is 2.71. The Hall–Kier alpha value is -1.80. The molecule has 1 heterocycles. The van der Waals surface area contributed by atoms with Crippen LogP contribution in [0.25, 0.3) is 11.5 Å². The first-order valence-corrected chi connectivity index (χ1v) is 5.63. The minimum Gasteiger partial charge on any atom is -0.411 e. The topological polar surface area (TPSA) is 62.7 Å². The van der Waals surface area contributed by atoms with Gasteiger partial charge in [-0.3, -0.25) is 0 Å². The molecule has 1 aromatic carbocycles. The van der Waals surface area contributed by atoms with Crippen molar-refractivity contribution < 1.29 is 4.42 Å². The van der Waals surface area contributed by atoms with Crippen LogP contribution in [0.4, 0.5) is 0 Å². The van der Waals surface area contributed by atoms with Crippen LogP contribution in [0.3, 0.4) is 0 Å². The van der Waals surface area contributed by atoms with Gasteiger partial charge < -0.3 is 4.42 Å². The lowest BCUT2D eigenvalue weighted by atomic mass is 10.2. The van der Waals surface area contributed by atoms with E-state index in [1.807, 2.05) is 30.3 Å². The lowest BCUT2D eigenvalue weighted by Crippen LogP contribution is -1.88. The second kappa shape index (κ2) is 4.81. The van der Waals surface area contributed by atoms with Gasteiger partial charge in [-0.15, -0.1) is 10.2 Å². The van der Waals surface area contributed by atoms with E-state index in [0.717, 1.165) is 5.56 Å². The molecule has 0 radical (unpaired) electrons. The van der Waals surface area contributed by atoms with Gasteiger partial charge in [-0.05, 0) is 30.8 Å². The number of rotatable bonds is 3. The summed E-state index contributed by atoms with van der Waals surface area (Å²) in [5, 5.41) is 16.7. The third-order valence-electron chi connectivity index (χ3n) is 1.89. The highest BCUT2D eigenvalue weighted by Gasteiger charge is 2.11. The fourth-order valence-electron chi connectivity index (χ4n) is 1.13. The average Bonchev–Trinajstić information content (AvgIpc) is 2.78. The Kier molecular flexibility index (Phi) is 3.22. The van der Waals surface area contributed by atoms with Gasteiger partial charge in [0.25, 0.3) is 5.22 Å². The molecule has 0 spiro atoms. The summed E-state index contributed by atoms with van der Waals surface area (Å²) in [5.41, 5.74) is 0.881. The summed E-state index contributed by atoms with van der Waals surface area (Å²) < 4.78 is 5.43. The van der Waals surface area contributed by atoms with Crippen LogP contribution < -0.4 is 0 Å². The van der Waals surface area contributed by atoms with Gasteiger partial charge in [-0.1, -0.05) is 18.2 Å². The standard InChI is InChI=1S/C11H9N3OS/c1-8(7-12)16-11-14-13-10(15-11)9-5-3-2-4-6-9/h2-6,8H,1H3/t8-/m1/s1. The molecular formula is C11H9N3OS. The van der Waals surface area contributed by atoms with E-state index in [0.29, 0.717) is 11.1 Å². The first-order chi connectivity index (χ1) is 7.79. The summed E-state index contributed by atoms with van der Waals surface area (Å²) in [4.78, 5) is 0. The zero-order chi connectivity index (χ0) is 11.4. The summed E-state index contributed by atoms with van der Waals surface area (Å²) in [5.74, 6) is 0.480. The monoisotopic (exact) mass is 231 g/mol. The van der Waals surface area contributed by atoms with Gasteiger partial charge in [0, 0.05) is 5.56 Å². The molecule has 4 nitrogen and oxygen atoms in total. The van der Waals surface area contributed by atoms with E-state index in [9.17, 15) is 0 Å². The van der Waals surface area contributed by atoms with Crippen LogP contribution in [-0.4, -0.2) is 15.4 Å². The summed E-state index contributed by atoms with van der Waals surface area (Å²) in [7, 11) is 0. The smallest absolute Gasteiger partial charge is 0.278 e. The fourth-order valence-corrected chi connectivity index (χ4v) is 1.70. The lowest BCUT2D eigenvalue weighted by Gasteiger charge is -1.94. The summed E-state index contributed by atoms with van der Waals surface area (Å²) in [6.07, 6.45) is 0. The molecule has 0 aliphatic rings. The Labute approximate surface area is 97.3 Å². The first-order valence-electron chi connectivity index (χ1n) is 4.75. The van der Waals surface area contributed by atoms with E-state index >= 15 is 0 Å². The van der Waals surface area contributed by atoms with E-state index < -0.39 is 0 Å². The minimum atomic E-state index is -0.191. The Balaban J connectivity index is 2.18. The average molecular weight is 231 g/mol. The van der Waals surface area contributed by atoms with Gasteiger partial charge in [-0.2, -0.15) is 5.26 Å². The molecule has 0 bridgehead atoms. The van der Waals surface area contributed by atoms with Crippen molar-refractivity contribution in [2.45, 2.75) is 17.4 Å². The molecule has 1 aromatic heterocycles. The van der Waals surface area contributed by atoms with Crippen LogP contribution in [0.15, 0.2) is 40.0 Å². The van der Waals surface area contributed by atoms with Crippen molar-refractivity contribution >= 4 is 11.8 Å². The van der Waals surface area contributed by atoms with Crippen LogP contribution in [-0.2, 0) is 0 Å². The molecule has 2 aromatic rings.